The SMILES string of the molecule is C#CC[C@H](OCc1ccc(OC)cc1)[C@H](C)O. The Bertz CT molecular complexity index is 362. The molecule has 0 aromatic heterocycles. The number of rotatable bonds is 6. The third kappa shape index (κ3) is 4.48. The third-order valence-corrected chi connectivity index (χ3v) is 2.48. The van der Waals surface area contributed by atoms with E-state index in [0.29, 0.717) is 13.0 Å². The van der Waals surface area contributed by atoms with Crippen LogP contribution in [0.5, 0.6) is 5.75 Å². The lowest BCUT2D eigenvalue weighted by Crippen LogP contribution is -2.25. The molecule has 2 atom stereocenters. The van der Waals surface area contributed by atoms with Crippen molar-refractivity contribution in [2.24, 2.45) is 0 Å². The van der Waals surface area contributed by atoms with E-state index in [1.165, 1.54) is 0 Å². The molecule has 1 aromatic carbocycles. The molecular formula is C14H18O3. The zero-order chi connectivity index (χ0) is 12.7. The van der Waals surface area contributed by atoms with E-state index in [0.717, 1.165) is 11.3 Å². The second-order valence-corrected chi connectivity index (χ2v) is 3.85. The number of methoxy groups -OCH3 is 1. The summed E-state index contributed by atoms with van der Waals surface area (Å²) < 4.78 is 10.6. The van der Waals surface area contributed by atoms with Crippen LogP contribution in [0.2, 0.25) is 0 Å². The molecule has 0 radical (unpaired) electrons. The van der Waals surface area contributed by atoms with Crippen LogP contribution in [0.1, 0.15) is 18.9 Å². The first kappa shape index (κ1) is 13.6. The fraction of sp³-hybridized carbons (Fsp3) is 0.429. The fourth-order valence-electron chi connectivity index (χ4n) is 1.41. The molecule has 0 saturated carbocycles. The van der Waals surface area contributed by atoms with Gasteiger partial charge in [0.15, 0.2) is 0 Å². The standard InChI is InChI=1S/C14H18O3/c1-4-5-14(11(2)15)17-10-12-6-8-13(16-3)9-7-12/h1,6-9,11,14-15H,5,10H2,2-3H3/t11-,14-/m0/s1. The van der Waals surface area contributed by atoms with Gasteiger partial charge in [-0.3, -0.25) is 0 Å². The highest BCUT2D eigenvalue weighted by Gasteiger charge is 2.14. The van der Waals surface area contributed by atoms with Gasteiger partial charge in [-0.15, -0.1) is 12.3 Å². The van der Waals surface area contributed by atoms with Crippen LogP contribution in [-0.2, 0) is 11.3 Å². The Morgan fingerprint density at radius 3 is 2.47 bits per heavy atom. The van der Waals surface area contributed by atoms with Gasteiger partial charge < -0.3 is 14.6 Å². The number of benzene rings is 1. The summed E-state index contributed by atoms with van der Waals surface area (Å²) in [5, 5.41) is 9.46. The van der Waals surface area contributed by atoms with E-state index < -0.39 is 6.10 Å². The van der Waals surface area contributed by atoms with Crippen molar-refractivity contribution in [2.45, 2.75) is 32.2 Å². The van der Waals surface area contributed by atoms with Gasteiger partial charge in [-0.1, -0.05) is 12.1 Å². The minimum atomic E-state index is -0.565. The Balaban J connectivity index is 2.50. The Hall–Kier alpha value is -1.50. The van der Waals surface area contributed by atoms with Crippen molar-refractivity contribution in [2.75, 3.05) is 7.11 Å². The van der Waals surface area contributed by atoms with Gasteiger partial charge in [0, 0.05) is 6.42 Å². The van der Waals surface area contributed by atoms with Gasteiger partial charge >= 0.3 is 0 Å². The first-order chi connectivity index (χ1) is 8.17. The third-order valence-electron chi connectivity index (χ3n) is 2.48. The molecule has 0 saturated heterocycles. The summed E-state index contributed by atoms with van der Waals surface area (Å²) in [5.74, 6) is 3.31. The molecule has 0 heterocycles. The maximum absolute atomic E-state index is 9.46. The summed E-state index contributed by atoms with van der Waals surface area (Å²) in [6, 6.07) is 7.59. The molecular weight excluding hydrogens is 216 g/mol. The number of hydrogen-bond donors (Lipinski definition) is 1. The van der Waals surface area contributed by atoms with Crippen molar-refractivity contribution < 1.29 is 14.6 Å². The normalized spacial score (nSPS) is 13.8. The molecule has 0 amide bonds. The lowest BCUT2D eigenvalue weighted by Gasteiger charge is -2.18. The van der Waals surface area contributed by atoms with Crippen molar-refractivity contribution in [1.82, 2.24) is 0 Å². The van der Waals surface area contributed by atoms with Gasteiger partial charge in [0.1, 0.15) is 5.75 Å². The molecule has 92 valence electrons. The summed E-state index contributed by atoms with van der Waals surface area (Å²) in [4.78, 5) is 0. The number of hydrogen-bond acceptors (Lipinski definition) is 3. The van der Waals surface area contributed by atoms with Gasteiger partial charge in [0.05, 0.1) is 25.9 Å². The van der Waals surface area contributed by atoms with Crippen LogP contribution in [0.15, 0.2) is 24.3 Å². The molecule has 0 fully saturated rings. The van der Waals surface area contributed by atoms with Crippen LogP contribution >= 0.6 is 0 Å². The number of aliphatic hydroxyl groups excluding tert-OH is 1. The predicted octanol–water partition coefficient (Wildman–Crippen LogP) is 1.98. The zero-order valence-electron chi connectivity index (χ0n) is 10.2. The highest BCUT2D eigenvalue weighted by Crippen LogP contribution is 2.14. The summed E-state index contributed by atoms with van der Waals surface area (Å²) >= 11 is 0. The smallest absolute Gasteiger partial charge is 0.118 e. The lowest BCUT2D eigenvalue weighted by molar-refractivity contribution is -0.0347. The molecule has 0 bridgehead atoms. The first-order valence-electron chi connectivity index (χ1n) is 5.53. The minimum absolute atomic E-state index is 0.317. The predicted molar refractivity (Wildman–Crippen MR) is 66.7 cm³/mol. The molecule has 17 heavy (non-hydrogen) atoms. The molecule has 1 N–H and O–H groups in total. The first-order valence-corrected chi connectivity index (χ1v) is 5.53. The monoisotopic (exact) mass is 234 g/mol. The summed E-state index contributed by atoms with van der Waals surface area (Å²) in [6.07, 6.45) is 4.74. The second-order valence-electron chi connectivity index (χ2n) is 3.85. The molecule has 0 spiro atoms. The molecule has 0 aliphatic rings. The van der Waals surface area contributed by atoms with E-state index in [-0.39, 0.29) is 6.10 Å². The topological polar surface area (TPSA) is 38.7 Å². The van der Waals surface area contributed by atoms with Crippen LogP contribution in [0.4, 0.5) is 0 Å². The highest BCUT2D eigenvalue weighted by atomic mass is 16.5. The number of terminal acetylenes is 1. The Labute approximate surface area is 102 Å². The van der Waals surface area contributed by atoms with Gasteiger partial charge in [-0.2, -0.15) is 0 Å². The molecule has 1 rings (SSSR count). The summed E-state index contributed by atoms with van der Waals surface area (Å²) in [6.45, 7) is 2.11. The molecule has 1 aromatic rings. The Morgan fingerprint density at radius 1 is 1.35 bits per heavy atom. The van der Waals surface area contributed by atoms with Crippen LogP contribution in [0.25, 0.3) is 0 Å². The van der Waals surface area contributed by atoms with E-state index in [9.17, 15) is 5.11 Å². The average Bonchev–Trinajstić information content (AvgIpc) is 2.34. The van der Waals surface area contributed by atoms with Gasteiger partial charge in [-0.25, -0.2) is 0 Å². The van der Waals surface area contributed by atoms with Crippen LogP contribution in [-0.4, -0.2) is 24.4 Å². The number of ether oxygens (including phenoxy) is 2. The maximum Gasteiger partial charge on any atom is 0.118 e. The van der Waals surface area contributed by atoms with Gasteiger partial charge in [0.25, 0.3) is 0 Å². The van der Waals surface area contributed by atoms with Crippen LogP contribution in [0, 0.1) is 12.3 Å². The summed E-state index contributed by atoms with van der Waals surface area (Å²) in [5.41, 5.74) is 1.02. The molecule has 0 aliphatic heterocycles. The minimum Gasteiger partial charge on any atom is -0.497 e. The molecule has 3 nitrogen and oxygen atoms in total. The second kappa shape index (κ2) is 6.95. The van der Waals surface area contributed by atoms with E-state index >= 15 is 0 Å². The van der Waals surface area contributed by atoms with E-state index in [4.69, 9.17) is 15.9 Å². The average molecular weight is 234 g/mol. The van der Waals surface area contributed by atoms with E-state index in [2.05, 4.69) is 5.92 Å². The number of aliphatic hydroxyl groups is 1. The Morgan fingerprint density at radius 2 is 2.00 bits per heavy atom. The van der Waals surface area contributed by atoms with Crippen molar-refractivity contribution in [3.8, 4) is 18.1 Å². The molecule has 0 unspecified atom stereocenters. The lowest BCUT2D eigenvalue weighted by atomic mass is 10.1. The Kier molecular flexibility index (Phi) is 5.55. The van der Waals surface area contributed by atoms with E-state index in [1.54, 1.807) is 14.0 Å². The van der Waals surface area contributed by atoms with E-state index in [1.807, 2.05) is 24.3 Å². The van der Waals surface area contributed by atoms with Crippen LogP contribution < -0.4 is 4.74 Å². The van der Waals surface area contributed by atoms with Gasteiger partial charge in [0.2, 0.25) is 0 Å². The van der Waals surface area contributed by atoms with Crippen molar-refractivity contribution >= 4 is 0 Å². The maximum atomic E-state index is 9.46. The fourth-order valence-corrected chi connectivity index (χ4v) is 1.41. The van der Waals surface area contributed by atoms with Crippen molar-refractivity contribution in [3.05, 3.63) is 29.8 Å². The molecule has 3 heteroatoms. The quantitative estimate of drug-likeness (QED) is 0.765. The zero-order valence-corrected chi connectivity index (χ0v) is 10.2. The largest absolute Gasteiger partial charge is 0.497 e. The summed E-state index contributed by atoms with van der Waals surface area (Å²) in [7, 11) is 1.63. The van der Waals surface area contributed by atoms with Crippen molar-refractivity contribution in [1.29, 1.82) is 0 Å². The highest BCUT2D eigenvalue weighted by molar-refractivity contribution is 5.26. The van der Waals surface area contributed by atoms with Crippen molar-refractivity contribution in [3.63, 3.8) is 0 Å². The molecule has 0 aliphatic carbocycles. The van der Waals surface area contributed by atoms with Gasteiger partial charge in [-0.05, 0) is 24.6 Å². The van der Waals surface area contributed by atoms with Crippen LogP contribution in [0.3, 0.4) is 0 Å².